The van der Waals surface area contributed by atoms with E-state index in [0.717, 1.165) is 41.8 Å². The van der Waals surface area contributed by atoms with Crippen LogP contribution < -0.4 is 5.73 Å². The van der Waals surface area contributed by atoms with Crippen LogP contribution in [0.4, 0.5) is 10.1 Å². The minimum Gasteiger partial charge on any atom is -0.398 e. The van der Waals surface area contributed by atoms with Crippen molar-refractivity contribution < 1.29 is 4.39 Å². The van der Waals surface area contributed by atoms with Crippen LogP contribution >= 0.6 is 15.9 Å². The Labute approximate surface area is 126 Å². The van der Waals surface area contributed by atoms with Crippen LogP contribution in [-0.2, 0) is 19.5 Å². The summed E-state index contributed by atoms with van der Waals surface area (Å²) in [6.45, 7) is 2.52. The zero-order chi connectivity index (χ0) is 14.1. The molecule has 20 heavy (non-hydrogen) atoms. The summed E-state index contributed by atoms with van der Waals surface area (Å²) in [5.74, 6) is -0.194. The van der Waals surface area contributed by atoms with Crippen molar-refractivity contribution in [2.45, 2.75) is 19.5 Å². The van der Waals surface area contributed by atoms with Crippen molar-refractivity contribution in [1.82, 2.24) is 4.90 Å². The molecule has 0 aromatic heterocycles. The second kappa shape index (κ2) is 5.54. The molecule has 0 unspecified atom stereocenters. The number of nitrogen functional groups attached to an aromatic ring is 1. The molecular weight excluding hydrogens is 319 g/mol. The Kier molecular flexibility index (Phi) is 3.76. The third-order valence-corrected chi connectivity index (χ3v) is 4.56. The third kappa shape index (κ3) is 2.72. The summed E-state index contributed by atoms with van der Waals surface area (Å²) in [6, 6.07) is 10.9. The highest BCUT2D eigenvalue weighted by molar-refractivity contribution is 9.10. The molecule has 104 valence electrons. The number of anilines is 1. The summed E-state index contributed by atoms with van der Waals surface area (Å²) in [5, 5.41) is 0. The van der Waals surface area contributed by atoms with Gasteiger partial charge in [-0.3, -0.25) is 4.90 Å². The van der Waals surface area contributed by atoms with Gasteiger partial charge < -0.3 is 5.73 Å². The number of nitrogens with two attached hydrogens (primary N) is 1. The first-order valence-corrected chi connectivity index (χ1v) is 7.45. The van der Waals surface area contributed by atoms with E-state index in [1.807, 2.05) is 12.1 Å². The van der Waals surface area contributed by atoms with Crippen LogP contribution in [0.2, 0.25) is 0 Å². The molecule has 2 N–H and O–H groups in total. The van der Waals surface area contributed by atoms with Gasteiger partial charge in [-0.15, -0.1) is 0 Å². The summed E-state index contributed by atoms with van der Waals surface area (Å²) >= 11 is 3.49. The van der Waals surface area contributed by atoms with Crippen LogP contribution in [0.3, 0.4) is 0 Å². The first kappa shape index (κ1) is 13.6. The van der Waals surface area contributed by atoms with Crippen molar-refractivity contribution in [3.05, 3.63) is 63.4 Å². The van der Waals surface area contributed by atoms with Gasteiger partial charge >= 0.3 is 0 Å². The van der Waals surface area contributed by atoms with E-state index in [1.54, 1.807) is 12.1 Å². The molecule has 1 heterocycles. The van der Waals surface area contributed by atoms with E-state index < -0.39 is 0 Å². The summed E-state index contributed by atoms with van der Waals surface area (Å²) in [7, 11) is 0. The summed E-state index contributed by atoms with van der Waals surface area (Å²) < 4.78 is 14.3. The molecule has 0 amide bonds. The van der Waals surface area contributed by atoms with E-state index in [-0.39, 0.29) is 5.82 Å². The second-order valence-corrected chi connectivity index (χ2v) is 6.04. The molecule has 4 heteroatoms. The normalized spacial score (nSPS) is 15.1. The smallest absolute Gasteiger partial charge is 0.123 e. The Hall–Kier alpha value is -1.39. The van der Waals surface area contributed by atoms with Gasteiger partial charge in [0.15, 0.2) is 0 Å². The van der Waals surface area contributed by atoms with Gasteiger partial charge in [0.25, 0.3) is 0 Å². The highest BCUT2D eigenvalue weighted by atomic mass is 79.9. The molecule has 0 fully saturated rings. The van der Waals surface area contributed by atoms with Crippen LogP contribution in [0.15, 0.2) is 40.9 Å². The number of hydrogen-bond acceptors (Lipinski definition) is 2. The molecular formula is C16H16BrFN2. The number of nitrogens with zero attached hydrogens (tertiary/aromatic N) is 1. The highest BCUT2D eigenvalue weighted by Gasteiger charge is 2.18. The number of hydrogen-bond donors (Lipinski definition) is 1. The maximum Gasteiger partial charge on any atom is 0.123 e. The molecule has 0 saturated heterocycles. The Morgan fingerprint density at radius 1 is 1.25 bits per heavy atom. The molecule has 0 aliphatic carbocycles. The molecule has 2 aromatic carbocycles. The average molecular weight is 335 g/mol. The van der Waals surface area contributed by atoms with E-state index in [9.17, 15) is 4.39 Å². The Bertz CT molecular complexity index is 642. The number of fused-ring (bicyclic) bond motifs is 1. The van der Waals surface area contributed by atoms with E-state index >= 15 is 0 Å². The fourth-order valence-corrected chi connectivity index (χ4v) is 3.08. The van der Waals surface area contributed by atoms with E-state index in [4.69, 9.17) is 5.73 Å². The van der Waals surface area contributed by atoms with Crippen molar-refractivity contribution in [2.75, 3.05) is 12.3 Å². The molecule has 1 aliphatic heterocycles. The van der Waals surface area contributed by atoms with Crippen LogP contribution in [-0.4, -0.2) is 11.4 Å². The standard InChI is InChI=1S/C16H16BrFN2/c17-15-5-4-13(18)8-12(15)9-20-7-6-11-2-1-3-16(19)14(11)10-20/h1-5,8H,6-7,9-10,19H2. The van der Waals surface area contributed by atoms with Crippen molar-refractivity contribution in [1.29, 1.82) is 0 Å². The monoisotopic (exact) mass is 334 g/mol. The molecule has 0 spiro atoms. The quantitative estimate of drug-likeness (QED) is 0.848. The van der Waals surface area contributed by atoms with Crippen molar-refractivity contribution in [2.24, 2.45) is 0 Å². The predicted molar refractivity (Wildman–Crippen MR) is 82.8 cm³/mol. The van der Waals surface area contributed by atoms with Gasteiger partial charge in [-0.2, -0.15) is 0 Å². The molecule has 0 saturated carbocycles. The minimum absolute atomic E-state index is 0.194. The van der Waals surface area contributed by atoms with Crippen LogP contribution in [0.25, 0.3) is 0 Å². The summed E-state index contributed by atoms with van der Waals surface area (Å²) in [5.41, 5.74) is 10.4. The molecule has 0 atom stereocenters. The van der Waals surface area contributed by atoms with Crippen molar-refractivity contribution in [3.8, 4) is 0 Å². The van der Waals surface area contributed by atoms with Crippen molar-refractivity contribution in [3.63, 3.8) is 0 Å². The fraction of sp³-hybridized carbons (Fsp3) is 0.250. The fourth-order valence-electron chi connectivity index (χ4n) is 2.70. The second-order valence-electron chi connectivity index (χ2n) is 5.18. The molecule has 2 nitrogen and oxygen atoms in total. The lowest BCUT2D eigenvalue weighted by molar-refractivity contribution is 0.245. The lowest BCUT2D eigenvalue weighted by Gasteiger charge is -2.30. The Morgan fingerprint density at radius 2 is 2.10 bits per heavy atom. The molecule has 2 aromatic rings. The SMILES string of the molecule is Nc1cccc2c1CN(Cc1cc(F)ccc1Br)CC2. The van der Waals surface area contributed by atoms with Gasteiger partial charge in [0.2, 0.25) is 0 Å². The zero-order valence-corrected chi connectivity index (χ0v) is 12.7. The van der Waals surface area contributed by atoms with E-state index in [1.165, 1.54) is 17.2 Å². The first-order valence-electron chi connectivity index (χ1n) is 6.66. The Morgan fingerprint density at radius 3 is 2.95 bits per heavy atom. The molecule has 0 bridgehead atoms. The van der Waals surface area contributed by atoms with Crippen LogP contribution in [0, 0.1) is 5.82 Å². The van der Waals surface area contributed by atoms with E-state index in [2.05, 4.69) is 26.9 Å². The number of benzene rings is 2. The molecule has 0 radical (unpaired) electrons. The maximum absolute atomic E-state index is 13.3. The van der Waals surface area contributed by atoms with Gasteiger partial charge in [-0.1, -0.05) is 28.1 Å². The lowest BCUT2D eigenvalue weighted by Crippen LogP contribution is -2.30. The van der Waals surface area contributed by atoms with Gasteiger partial charge in [0.05, 0.1) is 0 Å². The van der Waals surface area contributed by atoms with Gasteiger partial charge in [0.1, 0.15) is 5.82 Å². The van der Waals surface area contributed by atoms with Gasteiger partial charge in [-0.05, 0) is 47.4 Å². The highest BCUT2D eigenvalue weighted by Crippen LogP contribution is 2.27. The Balaban J connectivity index is 1.81. The maximum atomic E-state index is 13.3. The molecule has 3 rings (SSSR count). The predicted octanol–water partition coefficient (Wildman–Crippen LogP) is 3.73. The minimum atomic E-state index is -0.194. The first-order chi connectivity index (χ1) is 9.63. The van der Waals surface area contributed by atoms with Crippen molar-refractivity contribution >= 4 is 21.6 Å². The number of rotatable bonds is 2. The van der Waals surface area contributed by atoms with E-state index in [0.29, 0.717) is 0 Å². The summed E-state index contributed by atoms with van der Waals surface area (Å²) in [4.78, 5) is 2.30. The van der Waals surface area contributed by atoms with Crippen LogP contribution in [0.5, 0.6) is 0 Å². The average Bonchev–Trinajstić information content (AvgIpc) is 2.44. The van der Waals surface area contributed by atoms with Gasteiger partial charge in [-0.25, -0.2) is 4.39 Å². The topological polar surface area (TPSA) is 29.3 Å². The largest absolute Gasteiger partial charge is 0.398 e. The lowest BCUT2D eigenvalue weighted by atomic mass is 9.98. The zero-order valence-electron chi connectivity index (χ0n) is 11.1. The third-order valence-electron chi connectivity index (χ3n) is 3.79. The summed E-state index contributed by atoms with van der Waals surface area (Å²) in [6.07, 6.45) is 0.993. The van der Waals surface area contributed by atoms with Gasteiger partial charge in [0, 0.05) is 29.8 Å². The van der Waals surface area contributed by atoms with Crippen LogP contribution in [0.1, 0.15) is 16.7 Å². The number of halogens is 2. The molecule has 1 aliphatic rings.